The molecule has 0 aliphatic rings. The molecular formula is C27H24BrN3O3. The first-order chi connectivity index (χ1) is 16.5. The zero-order valence-electron chi connectivity index (χ0n) is 18.9. The van der Waals surface area contributed by atoms with Gasteiger partial charge in [0, 0.05) is 23.6 Å². The number of carbonyl (C=O) groups excluding carboxylic acids is 1. The third-order valence-corrected chi connectivity index (χ3v) is 5.89. The molecule has 0 aliphatic heterocycles. The minimum absolute atomic E-state index is 0.292. The fourth-order valence-corrected chi connectivity index (χ4v) is 3.97. The summed E-state index contributed by atoms with van der Waals surface area (Å²) in [7, 11) is 1.59. The molecule has 0 saturated carbocycles. The van der Waals surface area contributed by atoms with E-state index >= 15 is 0 Å². The zero-order chi connectivity index (χ0) is 23.9. The second kappa shape index (κ2) is 10.9. The minimum atomic E-state index is -0.292. The van der Waals surface area contributed by atoms with E-state index in [4.69, 9.17) is 9.47 Å². The Hall–Kier alpha value is -3.84. The van der Waals surface area contributed by atoms with Crippen LogP contribution in [0.1, 0.15) is 27.0 Å². The number of hydrogen-bond donors (Lipinski definition) is 1. The van der Waals surface area contributed by atoms with Crippen LogP contribution in [0.3, 0.4) is 0 Å². The summed E-state index contributed by atoms with van der Waals surface area (Å²) in [4.78, 5) is 12.4. The number of ether oxygens (including phenoxy) is 2. The van der Waals surface area contributed by atoms with Gasteiger partial charge in [-0.1, -0.05) is 24.3 Å². The number of nitrogens with zero attached hydrogens (tertiary/aromatic N) is 2. The van der Waals surface area contributed by atoms with Crippen LogP contribution in [-0.4, -0.2) is 23.8 Å². The first-order valence-corrected chi connectivity index (χ1v) is 11.5. The molecule has 0 spiro atoms. The lowest BCUT2D eigenvalue weighted by atomic mass is 10.1. The van der Waals surface area contributed by atoms with E-state index in [1.54, 1.807) is 31.5 Å². The highest BCUT2D eigenvalue weighted by atomic mass is 79.9. The predicted molar refractivity (Wildman–Crippen MR) is 137 cm³/mol. The Labute approximate surface area is 207 Å². The molecule has 4 rings (SSSR count). The van der Waals surface area contributed by atoms with Crippen molar-refractivity contribution in [1.29, 1.82) is 0 Å². The predicted octanol–water partition coefficient (Wildman–Crippen LogP) is 5.90. The van der Waals surface area contributed by atoms with Gasteiger partial charge in [0.25, 0.3) is 5.91 Å². The van der Waals surface area contributed by atoms with E-state index in [0.29, 0.717) is 23.7 Å². The van der Waals surface area contributed by atoms with Crippen LogP contribution < -0.4 is 14.9 Å². The quantitative estimate of drug-likeness (QED) is 0.233. The van der Waals surface area contributed by atoms with E-state index in [-0.39, 0.29) is 5.91 Å². The standard InChI is InChI=1S/C27H24BrN3O3/c1-19-7-3-4-8-22(19)18-34-26-24(28)15-20(16-25(26)33-2)17-29-30-27(32)21-9-11-23(12-10-21)31-13-5-6-14-31/h3-17H,18H2,1-2H3,(H,30,32). The molecular weight excluding hydrogens is 494 g/mol. The number of halogens is 1. The van der Waals surface area contributed by atoms with Crippen molar-refractivity contribution in [3.8, 4) is 17.2 Å². The van der Waals surface area contributed by atoms with E-state index in [1.807, 2.05) is 65.5 Å². The van der Waals surface area contributed by atoms with Crippen LogP contribution in [0.15, 0.2) is 94.8 Å². The molecule has 34 heavy (non-hydrogen) atoms. The lowest BCUT2D eigenvalue weighted by Gasteiger charge is -2.14. The number of amides is 1. The van der Waals surface area contributed by atoms with E-state index in [2.05, 4.69) is 39.4 Å². The van der Waals surface area contributed by atoms with E-state index in [9.17, 15) is 4.79 Å². The van der Waals surface area contributed by atoms with Gasteiger partial charge in [0.1, 0.15) is 6.61 Å². The Bertz CT molecular complexity index is 1300. The van der Waals surface area contributed by atoms with Crippen LogP contribution in [0.5, 0.6) is 11.5 Å². The molecule has 172 valence electrons. The van der Waals surface area contributed by atoms with Crippen LogP contribution in [0.4, 0.5) is 0 Å². The van der Waals surface area contributed by atoms with Crippen LogP contribution in [-0.2, 0) is 6.61 Å². The molecule has 1 N–H and O–H groups in total. The monoisotopic (exact) mass is 517 g/mol. The maximum absolute atomic E-state index is 12.4. The molecule has 4 aromatic rings. The smallest absolute Gasteiger partial charge is 0.271 e. The molecule has 0 radical (unpaired) electrons. The van der Waals surface area contributed by atoms with Gasteiger partial charge in [0.05, 0.1) is 17.8 Å². The van der Waals surface area contributed by atoms with Crippen molar-refractivity contribution < 1.29 is 14.3 Å². The molecule has 1 amide bonds. The van der Waals surface area contributed by atoms with Crippen molar-refractivity contribution in [2.24, 2.45) is 5.10 Å². The summed E-state index contributed by atoms with van der Waals surface area (Å²) < 4.78 is 14.2. The molecule has 3 aromatic carbocycles. The van der Waals surface area contributed by atoms with Gasteiger partial charge in [-0.3, -0.25) is 4.79 Å². The number of rotatable bonds is 8. The van der Waals surface area contributed by atoms with Crippen LogP contribution in [0.2, 0.25) is 0 Å². The van der Waals surface area contributed by atoms with Gasteiger partial charge in [-0.05, 0) is 88.1 Å². The van der Waals surface area contributed by atoms with Gasteiger partial charge < -0.3 is 14.0 Å². The lowest BCUT2D eigenvalue weighted by Crippen LogP contribution is -2.17. The Balaban J connectivity index is 1.41. The summed E-state index contributed by atoms with van der Waals surface area (Å²) in [6.07, 6.45) is 5.46. The van der Waals surface area contributed by atoms with Crippen molar-refractivity contribution in [1.82, 2.24) is 9.99 Å². The fourth-order valence-electron chi connectivity index (χ4n) is 3.40. The molecule has 0 bridgehead atoms. The summed E-state index contributed by atoms with van der Waals surface area (Å²) in [5, 5.41) is 4.09. The van der Waals surface area contributed by atoms with Crippen molar-refractivity contribution in [3.63, 3.8) is 0 Å². The maximum Gasteiger partial charge on any atom is 0.271 e. The number of aromatic nitrogens is 1. The molecule has 6 nitrogen and oxygen atoms in total. The van der Waals surface area contributed by atoms with E-state index < -0.39 is 0 Å². The number of hydrazone groups is 1. The molecule has 0 saturated heterocycles. The third kappa shape index (κ3) is 5.55. The van der Waals surface area contributed by atoms with Crippen LogP contribution in [0.25, 0.3) is 5.69 Å². The van der Waals surface area contributed by atoms with Gasteiger partial charge in [-0.15, -0.1) is 0 Å². The van der Waals surface area contributed by atoms with Gasteiger partial charge in [-0.2, -0.15) is 5.10 Å². The largest absolute Gasteiger partial charge is 0.493 e. The van der Waals surface area contributed by atoms with Crippen molar-refractivity contribution in [3.05, 3.63) is 112 Å². The van der Waals surface area contributed by atoms with E-state index in [1.165, 1.54) is 0 Å². The first kappa shape index (κ1) is 23.3. The van der Waals surface area contributed by atoms with Crippen molar-refractivity contribution in [2.75, 3.05) is 7.11 Å². The van der Waals surface area contributed by atoms with Gasteiger partial charge >= 0.3 is 0 Å². The highest BCUT2D eigenvalue weighted by molar-refractivity contribution is 9.10. The summed E-state index contributed by atoms with van der Waals surface area (Å²) in [5.41, 5.74) is 7.07. The van der Waals surface area contributed by atoms with E-state index in [0.717, 1.165) is 26.9 Å². The number of methoxy groups -OCH3 is 1. The van der Waals surface area contributed by atoms with Gasteiger partial charge in [0.2, 0.25) is 0 Å². The van der Waals surface area contributed by atoms with Gasteiger partial charge in [0.15, 0.2) is 11.5 Å². The molecule has 0 unspecified atom stereocenters. The Kier molecular flexibility index (Phi) is 7.44. The Morgan fingerprint density at radius 3 is 2.50 bits per heavy atom. The maximum atomic E-state index is 12.4. The first-order valence-electron chi connectivity index (χ1n) is 10.7. The Morgan fingerprint density at radius 1 is 1.06 bits per heavy atom. The molecule has 0 aliphatic carbocycles. The molecule has 7 heteroatoms. The SMILES string of the molecule is COc1cc(C=NNC(=O)c2ccc(-n3cccc3)cc2)cc(Br)c1OCc1ccccc1C. The van der Waals surface area contributed by atoms with Crippen LogP contribution >= 0.6 is 15.9 Å². The number of carbonyl (C=O) groups is 1. The third-order valence-electron chi connectivity index (χ3n) is 5.30. The summed E-state index contributed by atoms with van der Waals surface area (Å²) in [6, 6.07) is 22.9. The normalized spacial score (nSPS) is 10.9. The second-order valence-electron chi connectivity index (χ2n) is 7.59. The zero-order valence-corrected chi connectivity index (χ0v) is 20.5. The highest BCUT2D eigenvalue weighted by Crippen LogP contribution is 2.37. The van der Waals surface area contributed by atoms with Crippen LogP contribution in [0, 0.1) is 6.92 Å². The Morgan fingerprint density at radius 2 is 1.79 bits per heavy atom. The number of nitrogens with one attached hydrogen (secondary N) is 1. The average Bonchev–Trinajstić information content (AvgIpc) is 3.39. The number of benzene rings is 3. The molecule has 0 atom stereocenters. The topological polar surface area (TPSA) is 64.8 Å². The summed E-state index contributed by atoms with van der Waals surface area (Å²) >= 11 is 3.56. The molecule has 1 heterocycles. The highest BCUT2D eigenvalue weighted by Gasteiger charge is 2.12. The lowest BCUT2D eigenvalue weighted by molar-refractivity contribution is 0.0955. The van der Waals surface area contributed by atoms with Crippen molar-refractivity contribution >= 4 is 28.1 Å². The number of aryl methyl sites for hydroxylation is 1. The molecule has 1 aromatic heterocycles. The average molecular weight is 518 g/mol. The van der Waals surface area contributed by atoms with Gasteiger partial charge in [-0.25, -0.2) is 5.43 Å². The summed E-state index contributed by atoms with van der Waals surface area (Å²) in [5.74, 6) is 0.880. The second-order valence-corrected chi connectivity index (χ2v) is 8.44. The van der Waals surface area contributed by atoms with Crippen molar-refractivity contribution in [2.45, 2.75) is 13.5 Å². The summed E-state index contributed by atoms with van der Waals surface area (Å²) in [6.45, 7) is 2.48. The number of hydrogen-bond acceptors (Lipinski definition) is 4. The fraction of sp³-hybridized carbons (Fsp3) is 0.111. The molecule has 0 fully saturated rings. The minimum Gasteiger partial charge on any atom is -0.493 e.